The number of halogens is 4. The summed E-state index contributed by atoms with van der Waals surface area (Å²) in [6.45, 7) is 1.23. The van der Waals surface area contributed by atoms with Gasteiger partial charge in [-0.25, -0.2) is 24.1 Å². The molecule has 3 aromatic heterocycles. The molecule has 4 aromatic rings. The molecule has 6 bridgehead atoms. The van der Waals surface area contributed by atoms with E-state index in [0.717, 1.165) is 0 Å². The number of nitrogens with zero attached hydrogens (tertiary/aromatic N) is 5. The fourth-order valence-corrected chi connectivity index (χ4v) is 6.92. The van der Waals surface area contributed by atoms with Gasteiger partial charge in [-0.1, -0.05) is 30.7 Å². The number of benzene rings is 1. The normalized spacial score (nSPS) is 26.7. The maximum absolute atomic E-state index is 17.0. The van der Waals surface area contributed by atoms with Gasteiger partial charge in [0.05, 0.1) is 17.1 Å². The molecule has 4 aliphatic heterocycles. The van der Waals surface area contributed by atoms with E-state index in [4.69, 9.17) is 25.5 Å². The van der Waals surface area contributed by atoms with Crippen molar-refractivity contribution in [3.05, 3.63) is 52.9 Å². The number of alkyl halides is 3. The molecule has 15 heteroatoms. The van der Waals surface area contributed by atoms with E-state index in [9.17, 15) is 14.7 Å². The number of amides is 1. The SMILES string of the molecule is C[C@H]1CN2CC[C@]1(F)c1cc(Cl)cnc1O[C@H]1C[C@@H](C(=O)O)N(C1)c1nc(nc3c1oc1ccccc13)C(F)(F)CCCOCC2=O. The Balaban J connectivity index is 1.35. The van der Waals surface area contributed by atoms with Gasteiger partial charge < -0.3 is 28.8 Å². The van der Waals surface area contributed by atoms with Crippen molar-refractivity contribution in [2.45, 2.75) is 56.3 Å². The third-order valence-corrected chi connectivity index (χ3v) is 9.48. The summed E-state index contributed by atoms with van der Waals surface area (Å²) in [4.78, 5) is 41.1. The lowest BCUT2D eigenvalue weighted by Crippen LogP contribution is -2.50. The topological polar surface area (TPSA) is 131 Å². The lowest BCUT2D eigenvalue weighted by atomic mass is 9.78. The highest BCUT2D eigenvalue weighted by atomic mass is 35.5. The number of anilines is 1. The highest BCUT2D eigenvalue weighted by Gasteiger charge is 2.48. The Kier molecular flexibility index (Phi) is 7.90. The van der Waals surface area contributed by atoms with Crippen LogP contribution >= 0.6 is 11.6 Å². The Bertz CT molecular complexity index is 1880. The van der Waals surface area contributed by atoms with Crippen molar-refractivity contribution >= 4 is 51.4 Å². The van der Waals surface area contributed by atoms with E-state index in [1.54, 1.807) is 31.2 Å². The average molecular weight is 674 g/mol. The third kappa shape index (κ3) is 5.60. The number of aromatic nitrogens is 3. The van der Waals surface area contributed by atoms with Crippen LogP contribution in [0, 0.1) is 5.92 Å². The molecule has 7 heterocycles. The van der Waals surface area contributed by atoms with Gasteiger partial charge in [0, 0.05) is 56.5 Å². The molecule has 8 rings (SSSR count). The fraction of sp³-hybridized carbons (Fsp3) is 0.469. The maximum Gasteiger partial charge on any atom is 0.326 e. The lowest BCUT2D eigenvalue weighted by Gasteiger charge is -2.42. The highest BCUT2D eigenvalue weighted by molar-refractivity contribution is 6.30. The maximum atomic E-state index is 17.0. The lowest BCUT2D eigenvalue weighted by molar-refractivity contribution is -0.141. The number of carbonyl (C=O) groups is 2. The number of pyridine rings is 1. The summed E-state index contributed by atoms with van der Waals surface area (Å²) in [7, 11) is 0. The summed E-state index contributed by atoms with van der Waals surface area (Å²) in [5.74, 6) is -6.83. The highest BCUT2D eigenvalue weighted by Crippen LogP contribution is 2.46. The van der Waals surface area contributed by atoms with Crippen LogP contribution in [0.5, 0.6) is 5.88 Å². The minimum Gasteiger partial charge on any atom is -0.480 e. The van der Waals surface area contributed by atoms with Gasteiger partial charge in [-0.05, 0) is 24.6 Å². The minimum atomic E-state index is -3.53. The van der Waals surface area contributed by atoms with Crippen LogP contribution in [0.1, 0.15) is 44.0 Å². The van der Waals surface area contributed by atoms with Crippen LogP contribution < -0.4 is 9.64 Å². The van der Waals surface area contributed by atoms with E-state index in [2.05, 4.69) is 15.0 Å². The van der Waals surface area contributed by atoms with Gasteiger partial charge in [0.2, 0.25) is 17.6 Å². The van der Waals surface area contributed by atoms with E-state index >= 15 is 13.2 Å². The number of carboxylic acids is 1. The zero-order chi connectivity index (χ0) is 33.1. The molecule has 0 aliphatic carbocycles. The molecule has 4 aliphatic rings. The molecule has 11 nitrogen and oxygen atoms in total. The predicted molar refractivity (Wildman–Crippen MR) is 163 cm³/mol. The summed E-state index contributed by atoms with van der Waals surface area (Å²) in [6, 6.07) is 6.94. The second-order valence-electron chi connectivity index (χ2n) is 12.3. The van der Waals surface area contributed by atoms with Crippen molar-refractivity contribution in [3.8, 4) is 5.88 Å². The number of para-hydroxylation sites is 1. The first-order chi connectivity index (χ1) is 22.4. The molecule has 248 valence electrons. The number of hydrogen-bond donors (Lipinski definition) is 1. The third-order valence-electron chi connectivity index (χ3n) is 9.27. The van der Waals surface area contributed by atoms with E-state index < -0.39 is 47.9 Å². The second kappa shape index (κ2) is 11.8. The number of carbonyl (C=O) groups excluding carboxylic acids is 1. The largest absolute Gasteiger partial charge is 0.480 e. The minimum absolute atomic E-state index is 0.0511. The molecule has 0 spiro atoms. The average Bonchev–Trinajstić information content (AvgIpc) is 3.64. The molecule has 4 atom stereocenters. The van der Waals surface area contributed by atoms with Crippen molar-refractivity contribution in [1.29, 1.82) is 0 Å². The molecule has 0 saturated carbocycles. The van der Waals surface area contributed by atoms with Gasteiger partial charge >= 0.3 is 11.9 Å². The molecule has 1 amide bonds. The predicted octanol–water partition coefficient (Wildman–Crippen LogP) is 5.47. The Morgan fingerprint density at radius 2 is 1.96 bits per heavy atom. The molecular weight excluding hydrogens is 643 g/mol. The Morgan fingerprint density at radius 1 is 1.15 bits per heavy atom. The van der Waals surface area contributed by atoms with Crippen LogP contribution in [0.2, 0.25) is 5.02 Å². The van der Waals surface area contributed by atoms with Crippen LogP contribution in [0.4, 0.5) is 19.0 Å². The fourth-order valence-electron chi connectivity index (χ4n) is 6.76. The van der Waals surface area contributed by atoms with Crippen molar-refractivity contribution in [2.75, 3.05) is 37.7 Å². The summed E-state index contributed by atoms with van der Waals surface area (Å²) in [5, 5.41) is 10.9. The van der Waals surface area contributed by atoms with Crippen molar-refractivity contribution in [1.82, 2.24) is 19.9 Å². The van der Waals surface area contributed by atoms with Gasteiger partial charge in [0.1, 0.15) is 35.5 Å². The van der Waals surface area contributed by atoms with Crippen LogP contribution in [0.15, 0.2) is 40.9 Å². The second-order valence-corrected chi connectivity index (χ2v) is 12.8. The number of ether oxygens (including phenoxy) is 2. The number of aliphatic carboxylic acids is 1. The van der Waals surface area contributed by atoms with Crippen LogP contribution in [0.3, 0.4) is 0 Å². The van der Waals surface area contributed by atoms with Gasteiger partial charge in [0.25, 0.3) is 0 Å². The van der Waals surface area contributed by atoms with E-state index in [1.807, 2.05) is 0 Å². The summed E-state index contributed by atoms with van der Waals surface area (Å²) >= 11 is 6.28. The number of furan rings is 1. The Hall–Kier alpha value is -4.17. The van der Waals surface area contributed by atoms with Gasteiger partial charge in [-0.3, -0.25) is 4.79 Å². The number of rotatable bonds is 1. The van der Waals surface area contributed by atoms with E-state index in [0.29, 0.717) is 11.0 Å². The smallest absolute Gasteiger partial charge is 0.326 e. The van der Waals surface area contributed by atoms with Crippen molar-refractivity contribution in [3.63, 3.8) is 0 Å². The molecule has 0 radical (unpaired) electrons. The van der Waals surface area contributed by atoms with Gasteiger partial charge in [0.15, 0.2) is 11.4 Å². The first-order valence-corrected chi connectivity index (χ1v) is 15.8. The molecule has 2 fully saturated rings. The number of carboxylic acid groups (broad SMARTS) is 1. The monoisotopic (exact) mass is 673 g/mol. The first-order valence-electron chi connectivity index (χ1n) is 15.4. The Morgan fingerprint density at radius 3 is 2.74 bits per heavy atom. The Labute approximate surface area is 271 Å². The molecule has 1 N–H and O–H groups in total. The molecular formula is C32H31ClF3N5O6. The molecule has 1 aromatic carbocycles. The van der Waals surface area contributed by atoms with Crippen molar-refractivity contribution in [2.24, 2.45) is 5.92 Å². The summed E-state index contributed by atoms with van der Waals surface area (Å²) in [6.07, 6.45) is -0.523. The number of hydrogen-bond acceptors (Lipinski definition) is 9. The van der Waals surface area contributed by atoms with E-state index in [1.165, 1.54) is 22.1 Å². The number of piperidine rings is 1. The summed E-state index contributed by atoms with van der Waals surface area (Å²) < 4.78 is 66.2. The summed E-state index contributed by atoms with van der Waals surface area (Å²) in [5.41, 5.74) is -1.36. The quantitative estimate of drug-likeness (QED) is 0.278. The van der Waals surface area contributed by atoms with E-state index in [-0.39, 0.29) is 91.4 Å². The van der Waals surface area contributed by atoms with Crippen LogP contribution in [-0.4, -0.2) is 81.8 Å². The van der Waals surface area contributed by atoms with Crippen LogP contribution in [-0.2, 0) is 25.9 Å². The standard InChI is InChI=1S/C32H31ClF3N5O6/c1-17-14-40-9-8-31(17,34)21-11-18(33)13-37-28(21)46-19-12-22(29(43)44)41(15-19)27-26-25(20-5-2-3-6-23(20)47-26)38-30(39-27)32(35,36)7-4-10-45-16-24(40)42/h2-3,5-6,11,13,17,19,22H,4,7-10,12,14-16H2,1H3,(H,43,44)/t17-,19-,22-,31+/m0/s1. The van der Waals surface area contributed by atoms with Crippen LogP contribution in [0.25, 0.3) is 22.1 Å². The zero-order valence-electron chi connectivity index (χ0n) is 25.3. The molecule has 2 saturated heterocycles. The zero-order valence-corrected chi connectivity index (χ0v) is 26.1. The molecule has 0 unspecified atom stereocenters. The van der Waals surface area contributed by atoms with Crippen molar-refractivity contribution < 1.29 is 41.8 Å². The molecule has 47 heavy (non-hydrogen) atoms. The first kappa shape index (κ1) is 31.4. The van der Waals surface area contributed by atoms with Gasteiger partial charge in [-0.2, -0.15) is 8.78 Å². The van der Waals surface area contributed by atoms with Gasteiger partial charge in [-0.15, -0.1) is 0 Å². The number of fused-ring (bicyclic) bond motifs is 11.